The average Bonchev–Trinajstić information content (AvgIpc) is 2.90. The van der Waals surface area contributed by atoms with Gasteiger partial charge in [-0.05, 0) is 71.9 Å². The molecule has 2 aromatic heterocycles. The van der Waals surface area contributed by atoms with Crippen molar-refractivity contribution < 1.29 is 4.79 Å². The highest BCUT2D eigenvalue weighted by molar-refractivity contribution is 9.10. The average molecular weight is 400 g/mol. The number of amides is 1. The van der Waals surface area contributed by atoms with Crippen LogP contribution in [-0.2, 0) is 6.42 Å². The number of pyridine rings is 1. The van der Waals surface area contributed by atoms with Gasteiger partial charge in [0.05, 0.1) is 10.2 Å². The first-order chi connectivity index (χ1) is 12.0. The van der Waals surface area contributed by atoms with E-state index < -0.39 is 0 Å². The van der Waals surface area contributed by atoms with E-state index in [0.717, 1.165) is 27.8 Å². The summed E-state index contributed by atoms with van der Waals surface area (Å²) in [5.74, 6) is -0.149. The van der Waals surface area contributed by atoms with E-state index in [2.05, 4.69) is 45.3 Å². The number of aromatic nitrogens is 2. The number of fused-ring (bicyclic) bond motifs is 1. The largest absolute Gasteiger partial charge is 0.321 e. The van der Waals surface area contributed by atoms with Crippen LogP contribution in [0.25, 0.3) is 5.65 Å². The number of nitrogens with zero attached hydrogens (tertiary/aromatic N) is 2. The molecule has 25 heavy (non-hydrogen) atoms. The highest BCUT2D eigenvalue weighted by Crippen LogP contribution is 2.23. The SMILES string of the molecule is CCCCc1ccc(NC(=O)c2c(C)nc3c(Br)cc(C)cn23)cc1. The Hall–Kier alpha value is -2.14. The van der Waals surface area contributed by atoms with Gasteiger partial charge >= 0.3 is 0 Å². The monoisotopic (exact) mass is 399 g/mol. The predicted octanol–water partition coefficient (Wildman–Crippen LogP) is 5.31. The molecule has 3 rings (SSSR count). The van der Waals surface area contributed by atoms with Crippen molar-refractivity contribution in [2.45, 2.75) is 40.0 Å². The van der Waals surface area contributed by atoms with E-state index in [0.29, 0.717) is 11.4 Å². The Morgan fingerprint density at radius 2 is 1.96 bits per heavy atom. The summed E-state index contributed by atoms with van der Waals surface area (Å²) in [7, 11) is 0. The van der Waals surface area contributed by atoms with Crippen molar-refractivity contribution in [1.29, 1.82) is 0 Å². The summed E-state index contributed by atoms with van der Waals surface area (Å²) in [6.07, 6.45) is 5.37. The second-order valence-electron chi connectivity index (χ2n) is 6.36. The second kappa shape index (κ2) is 7.40. The first-order valence-corrected chi connectivity index (χ1v) is 9.34. The lowest BCUT2D eigenvalue weighted by Gasteiger charge is -2.08. The summed E-state index contributed by atoms with van der Waals surface area (Å²) in [6.45, 7) is 6.04. The number of halogens is 1. The van der Waals surface area contributed by atoms with Gasteiger partial charge in [-0.15, -0.1) is 0 Å². The number of hydrogen-bond acceptors (Lipinski definition) is 2. The fraction of sp³-hybridized carbons (Fsp3) is 0.300. The number of carbonyl (C=O) groups excluding carboxylic acids is 1. The summed E-state index contributed by atoms with van der Waals surface area (Å²) in [4.78, 5) is 17.3. The van der Waals surface area contributed by atoms with Gasteiger partial charge in [0.1, 0.15) is 5.69 Å². The Kier molecular flexibility index (Phi) is 5.23. The molecule has 1 aromatic carbocycles. The van der Waals surface area contributed by atoms with Gasteiger partial charge in [-0.25, -0.2) is 4.98 Å². The van der Waals surface area contributed by atoms with Gasteiger partial charge in [-0.3, -0.25) is 9.20 Å². The Morgan fingerprint density at radius 1 is 1.24 bits per heavy atom. The summed E-state index contributed by atoms with van der Waals surface area (Å²) in [5, 5.41) is 2.98. The molecule has 0 bridgehead atoms. The smallest absolute Gasteiger partial charge is 0.274 e. The van der Waals surface area contributed by atoms with Crippen LogP contribution in [0.2, 0.25) is 0 Å². The maximum Gasteiger partial charge on any atom is 0.274 e. The summed E-state index contributed by atoms with van der Waals surface area (Å²) >= 11 is 3.52. The Bertz CT molecular complexity index is 913. The van der Waals surface area contributed by atoms with Crippen LogP contribution in [0.15, 0.2) is 41.0 Å². The maximum atomic E-state index is 12.8. The number of nitrogens with one attached hydrogen (secondary N) is 1. The number of benzene rings is 1. The molecule has 0 unspecified atom stereocenters. The minimum Gasteiger partial charge on any atom is -0.321 e. The molecule has 1 N–H and O–H groups in total. The van der Waals surface area contributed by atoms with Gasteiger partial charge in [0.2, 0.25) is 0 Å². The molecule has 0 saturated carbocycles. The van der Waals surface area contributed by atoms with Crippen molar-refractivity contribution in [3.8, 4) is 0 Å². The molecule has 0 saturated heterocycles. The van der Waals surface area contributed by atoms with Gasteiger partial charge in [0.25, 0.3) is 5.91 Å². The van der Waals surface area contributed by atoms with Crippen molar-refractivity contribution in [2.75, 3.05) is 5.32 Å². The van der Waals surface area contributed by atoms with Crippen LogP contribution in [0.1, 0.15) is 47.1 Å². The van der Waals surface area contributed by atoms with E-state index in [4.69, 9.17) is 0 Å². The lowest BCUT2D eigenvalue weighted by atomic mass is 10.1. The minimum absolute atomic E-state index is 0.149. The normalized spacial score (nSPS) is 11.0. The highest BCUT2D eigenvalue weighted by atomic mass is 79.9. The van der Waals surface area contributed by atoms with Gasteiger partial charge < -0.3 is 5.32 Å². The molecule has 0 spiro atoms. The molecule has 4 nitrogen and oxygen atoms in total. The molecule has 5 heteroatoms. The predicted molar refractivity (Wildman–Crippen MR) is 105 cm³/mol. The quantitative estimate of drug-likeness (QED) is 0.631. The van der Waals surface area contributed by atoms with Crippen molar-refractivity contribution in [2.24, 2.45) is 0 Å². The molecule has 0 aliphatic carbocycles. The van der Waals surface area contributed by atoms with Crippen molar-refractivity contribution in [3.63, 3.8) is 0 Å². The zero-order chi connectivity index (χ0) is 18.0. The molecular weight excluding hydrogens is 378 g/mol. The minimum atomic E-state index is -0.149. The standard InChI is InChI=1S/C20H22BrN3O/c1-4-5-6-15-7-9-16(10-8-15)23-20(25)18-14(3)22-19-17(21)11-13(2)12-24(18)19/h7-12H,4-6H2,1-3H3,(H,23,25). The van der Waals surface area contributed by atoms with Gasteiger partial charge in [-0.1, -0.05) is 25.5 Å². The maximum absolute atomic E-state index is 12.8. The summed E-state index contributed by atoms with van der Waals surface area (Å²) in [5.41, 5.74) is 5.18. The van der Waals surface area contributed by atoms with E-state index in [1.54, 1.807) is 0 Å². The third kappa shape index (κ3) is 3.76. The Balaban J connectivity index is 1.86. The first kappa shape index (κ1) is 17.7. The van der Waals surface area contributed by atoms with Crippen molar-refractivity contribution in [3.05, 3.63) is 63.5 Å². The van der Waals surface area contributed by atoms with Crippen LogP contribution in [0.5, 0.6) is 0 Å². The molecule has 3 aromatic rings. The van der Waals surface area contributed by atoms with E-state index in [9.17, 15) is 4.79 Å². The molecule has 2 heterocycles. The third-order valence-corrected chi connectivity index (χ3v) is 4.82. The number of rotatable bonds is 5. The first-order valence-electron chi connectivity index (χ1n) is 8.54. The van der Waals surface area contributed by atoms with Crippen molar-refractivity contribution in [1.82, 2.24) is 9.38 Å². The van der Waals surface area contributed by atoms with Crippen LogP contribution in [0.3, 0.4) is 0 Å². The number of anilines is 1. The fourth-order valence-electron chi connectivity index (χ4n) is 2.95. The van der Waals surface area contributed by atoms with Crippen LogP contribution < -0.4 is 5.32 Å². The lowest BCUT2D eigenvalue weighted by molar-refractivity contribution is 0.102. The molecule has 0 aliphatic heterocycles. The topological polar surface area (TPSA) is 46.4 Å². The zero-order valence-electron chi connectivity index (χ0n) is 14.8. The van der Waals surface area contributed by atoms with E-state index in [1.165, 1.54) is 18.4 Å². The van der Waals surface area contributed by atoms with Crippen LogP contribution in [0.4, 0.5) is 5.69 Å². The van der Waals surface area contributed by atoms with E-state index in [1.807, 2.05) is 42.6 Å². The number of carbonyl (C=O) groups is 1. The van der Waals surface area contributed by atoms with E-state index in [-0.39, 0.29) is 5.91 Å². The molecule has 0 aliphatic rings. The Morgan fingerprint density at radius 3 is 2.64 bits per heavy atom. The third-order valence-electron chi connectivity index (χ3n) is 4.23. The second-order valence-corrected chi connectivity index (χ2v) is 7.21. The summed E-state index contributed by atoms with van der Waals surface area (Å²) < 4.78 is 2.73. The Labute approximate surface area is 156 Å². The number of imidazole rings is 1. The molecule has 0 atom stereocenters. The number of hydrogen-bond donors (Lipinski definition) is 1. The fourth-order valence-corrected chi connectivity index (χ4v) is 3.59. The van der Waals surface area contributed by atoms with Gasteiger partial charge in [0.15, 0.2) is 5.65 Å². The van der Waals surface area contributed by atoms with Gasteiger partial charge in [-0.2, -0.15) is 0 Å². The van der Waals surface area contributed by atoms with Gasteiger partial charge in [0, 0.05) is 11.9 Å². The lowest BCUT2D eigenvalue weighted by Crippen LogP contribution is -2.15. The van der Waals surface area contributed by atoms with Crippen LogP contribution in [0, 0.1) is 13.8 Å². The highest BCUT2D eigenvalue weighted by Gasteiger charge is 2.18. The zero-order valence-corrected chi connectivity index (χ0v) is 16.4. The van der Waals surface area contributed by atoms with E-state index >= 15 is 0 Å². The number of unbranched alkanes of at least 4 members (excludes halogenated alkanes) is 1. The number of aryl methyl sites for hydroxylation is 3. The molecule has 1 amide bonds. The van der Waals surface area contributed by atoms with Crippen LogP contribution in [-0.4, -0.2) is 15.3 Å². The molecule has 130 valence electrons. The molecule has 0 radical (unpaired) electrons. The molecule has 0 fully saturated rings. The van der Waals surface area contributed by atoms with Crippen LogP contribution >= 0.6 is 15.9 Å². The molecular formula is C20H22BrN3O. The summed E-state index contributed by atoms with van der Waals surface area (Å²) in [6, 6.07) is 10.1. The van der Waals surface area contributed by atoms with Crippen molar-refractivity contribution >= 4 is 33.2 Å².